The first kappa shape index (κ1) is 11.3. The number of ketones is 1. The molecule has 1 aromatic heterocycles. The summed E-state index contributed by atoms with van der Waals surface area (Å²) in [6, 6.07) is 8.04. The van der Waals surface area contributed by atoms with Crippen LogP contribution in [0.15, 0.2) is 29.6 Å². The van der Waals surface area contributed by atoms with E-state index >= 15 is 0 Å². The van der Waals surface area contributed by atoms with Crippen molar-refractivity contribution >= 4 is 27.2 Å². The van der Waals surface area contributed by atoms with Gasteiger partial charge in [-0.15, -0.1) is 11.3 Å². The molecule has 1 aromatic carbocycles. The molecule has 0 aliphatic heterocycles. The molecule has 0 spiro atoms. The fraction of sp³-hybridized carbons (Fsp3) is 0.357. The van der Waals surface area contributed by atoms with E-state index in [0.29, 0.717) is 5.92 Å². The number of fused-ring (bicyclic) bond motifs is 1. The molecular weight excluding hydrogens is 216 g/mol. The summed E-state index contributed by atoms with van der Waals surface area (Å²) < 4.78 is 1.13. The minimum Gasteiger partial charge on any atom is -0.294 e. The zero-order chi connectivity index (χ0) is 11.7. The van der Waals surface area contributed by atoms with E-state index in [0.717, 1.165) is 10.3 Å². The number of thiophene rings is 1. The molecule has 1 unspecified atom stereocenters. The van der Waals surface area contributed by atoms with Gasteiger partial charge in [0.15, 0.2) is 5.78 Å². The Labute approximate surface area is 100 Å². The third-order valence-electron chi connectivity index (χ3n) is 3.16. The number of rotatable bonds is 3. The third kappa shape index (κ3) is 1.90. The van der Waals surface area contributed by atoms with Gasteiger partial charge < -0.3 is 0 Å². The van der Waals surface area contributed by atoms with E-state index in [4.69, 9.17) is 0 Å². The van der Waals surface area contributed by atoms with Gasteiger partial charge in [-0.3, -0.25) is 4.79 Å². The third-order valence-corrected chi connectivity index (χ3v) is 4.12. The Hall–Kier alpha value is -1.15. The fourth-order valence-corrected chi connectivity index (χ4v) is 2.65. The van der Waals surface area contributed by atoms with E-state index in [1.165, 1.54) is 5.39 Å². The van der Waals surface area contributed by atoms with Gasteiger partial charge in [0.05, 0.1) is 0 Å². The fourth-order valence-electron chi connectivity index (χ4n) is 1.74. The predicted octanol–water partition coefficient (Wildman–Crippen LogP) is 4.38. The van der Waals surface area contributed by atoms with Crippen molar-refractivity contribution in [1.29, 1.82) is 0 Å². The number of carbonyl (C=O) groups excluding carboxylic acids is 1. The quantitative estimate of drug-likeness (QED) is 0.718. The zero-order valence-corrected chi connectivity index (χ0v) is 10.7. The van der Waals surface area contributed by atoms with Gasteiger partial charge >= 0.3 is 0 Å². The Morgan fingerprint density at radius 1 is 1.19 bits per heavy atom. The largest absolute Gasteiger partial charge is 0.294 e. The number of hydrogen-bond donors (Lipinski definition) is 0. The van der Waals surface area contributed by atoms with Crippen molar-refractivity contribution in [2.45, 2.75) is 20.8 Å². The monoisotopic (exact) mass is 232 g/mol. The molecule has 0 saturated heterocycles. The zero-order valence-electron chi connectivity index (χ0n) is 9.86. The van der Waals surface area contributed by atoms with Crippen LogP contribution in [-0.2, 0) is 0 Å². The van der Waals surface area contributed by atoms with Crippen molar-refractivity contribution in [3.8, 4) is 0 Å². The van der Waals surface area contributed by atoms with Crippen LogP contribution in [-0.4, -0.2) is 5.78 Å². The van der Waals surface area contributed by atoms with E-state index in [-0.39, 0.29) is 11.7 Å². The summed E-state index contributed by atoms with van der Waals surface area (Å²) >= 11 is 1.65. The summed E-state index contributed by atoms with van der Waals surface area (Å²) in [7, 11) is 0. The number of carbonyl (C=O) groups is 1. The highest BCUT2D eigenvalue weighted by Crippen LogP contribution is 2.28. The van der Waals surface area contributed by atoms with Gasteiger partial charge in [0, 0.05) is 16.2 Å². The van der Waals surface area contributed by atoms with Crippen LogP contribution in [0.4, 0.5) is 0 Å². The van der Waals surface area contributed by atoms with Crippen LogP contribution in [0.25, 0.3) is 10.1 Å². The van der Waals surface area contributed by atoms with Gasteiger partial charge in [-0.05, 0) is 28.8 Å². The summed E-state index contributed by atoms with van der Waals surface area (Å²) in [5.74, 6) is 0.749. The van der Waals surface area contributed by atoms with Gasteiger partial charge in [-0.1, -0.05) is 32.9 Å². The molecule has 1 nitrogen and oxygen atoms in total. The van der Waals surface area contributed by atoms with Crippen molar-refractivity contribution < 1.29 is 4.79 Å². The Morgan fingerprint density at radius 2 is 1.94 bits per heavy atom. The molecule has 2 heteroatoms. The molecule has 0 fully saturated rings. The minimum absolute atomic E-state index is 0.0905. The molecule has 0 N–H and O–H groups in total. The standard InChI is InChI=1S/C14H16OS/c1-9(2)10(3)13(15)12-6-4-5-11-7-8-16-14(11)12/h4-10H,1-3H3. The molecule has 2 rings (SSSR count). The molecule has 0 aliphatic carbocycles. The van der Waals surface area contributed by atoms with Gasteiger partial charge in [-0.2, -0.15) is 0 Å². The summed E-state index contributed by atoms with van der Waals surface area (Å²) in [6.07, 6.45) is 0. The summed E-state index contributed by atoms with van der Waals surface area (Å²) in [6.45, 7) is 6.20. The Morgan fingerprint density at radius 3 is 2.62 bits per heavy atom. The summed E-state index contributed by atoms with van der Waals surface area (Å²) in [5.41, 5.74) is 0.883. The molecule has 0 saturated carbocycles. The maximum absolute atomic E-state index is 12.3. The van der Waals surface area contributed by atoms with Crippen molar-refractivity contribution in [2.24, 2.45) is 11.8 Å². The van der Waals surface area contributed by atoms with Gasteiger partial charge in [0.25, 0.3) is 0 Å². The van der Waals surface area contributed by atoms with Crippen molar-refractivity contribution in [3.63, 3.8) is 0 Å². The smallest absolute Gasteiger partial charge is 0.167 e. The van der Waals surface area contributed by atoms with Crippen LogP contribution in [0.1, 0.15) is 31.1 Å². The number of hydrogen-bond acceptors (Lipinski definition) is 2. The topological polar surface area (TPSA) is 17.1 Å². The molecule has 0 aliphatic rings. The summed E-state index contributed by atoms with van der Waals surface area (Å²) in [4.78, 5) is 12.3. The van der Waals surface area contributed by atoms with E-state index < -0.39 is 0 Å². The van der Waals surface area contributed by atoms with Gasteiger partial charge in [0.2, 0.25) is 0 Å². The van der Waals surface area contributed by atoms with Crippen LogP contribution in [0.2, 0.25) is 0 Å². The highest BCUT2D eigenvalue weighted by molar-refractivity contribution is 7.17. The van der Waals surface area contributed by atoms with Crippen LogP contribution >= 0.6 is 11.3 Å². The Balaban J connectivity index is 2.47. The van der Waals surface area contributed by atoms with Crippen molar-refractivity contribution in [3.05, 3.63) is 35.2 Å². The van der Waals surface area contributed by atoms with E-state index in [2.05, 4.69) is 26.0 Å². The maximum Gasteiger partial charge on any atom is 0.167 e. The second kappa shape index (κ2) is 4.38. The minimum atomic E-state index is 0.0905. The number of benzene rings is 1. The molecule has 0 amide bonds. The molecule has 84 valence electrons. The SMILES string of the molecule is CC(C)C(C)C(=O)c1cccc2ccsc12. The first-order valence-corrected chi connectivity index (χ1v) is 6.49. The highest BCUT2D eigenvalue weighted by atomic mass is 32.1. The molecule has 2 aromatic rings. The van der Waals surface area contributed by atoms with Gasteiger partial charge in [-0.25, -0.2) is 0 Å². The first-order chi connectivity index (χ1) is 7.61. The van der Waals surface area contributed by atoms with Crippen molar-refractivity contribution in [2.75, 3.05) is 0 Å². The van der Waals surface area contributed by atoms with E-state index in [1.54, 1.807) is 11.3 Å². The lowest BCUT2D eigenvalue weighted by Crippen LogP contribution is -2.16. The molecular formula is C14H16OS. The average molecular weight is 232 g/mol. The second-order valence-corrected chi connectivity index (χ2v) is 5.46. The Kier molecular flexibility index (Phi) is 3.10. The van der Waals surface area contributed by atoms with Crippen molar-refractivity contribution in [1.82, 2.24) is 0 Å². The van der Waals surface area contributed by atoms with Crippen LogP contribution in [0.5, 0.6) is 0 Å². The molecule has 1 heterocycles. The predicted molar refractivity (Wildman–Crippen MR) is 70.2 cm³/mol. The normalized spacial score (nSPS) is 13.2. The van der Waals surface area contributed by atoms with Gasteiger partial charge in [0.1, 0.15) is 0 Å². The molecule has 0 bridgehead atoms. The van der Waals surface area contributed by atoms with Crippen LogP contribution in [0.3, 0.4) is 0 Å². The lowest BCUT2D eigenvalue weighted by molar-refractivity contribution is 0.0901. The number of Topliss-reactive ketones (excluding diaryl/α,β-unsaturated/α-hetero) is 1. The lowest BCUT2D eigenvalue weighted by atomic mass is 9.89. The molecule has 0 radical (unpaired) electrons. The average Bonchev–Trinajstić information content (AvgIpc) is 2.74. The second-order valence-electron chi connectivity index (χ2n) is 4.54. The molecule has 1 atom stereocenters. The van der Waals surface area contributed by atoms with Crippen LogP contribution < -0.4 is 0 Å². The maximum atomic E-state index is 12.3. The molecule has 16 heavy (non-hydrogen) atoms. The summed E-state index contributed by atoms with van der Waals surface area (Å²) in [5, 5.41) is 3.22. The van der Waals surface area contributed by atoms with E-state index in [9.17, 15) is 4.79 Å². The Bertz CT molecular complexity index is 510. The lowest BCUT2D eigenvalue weighted by Gasteiger charge is -2.14. The van der Waals surface area contributed by atoms with Crippen LogP contribution in [0, 0.1) is 11.8 Å². The first-order valence-electron chi connectivity index (χ1n) is 5.61. The highest BCUT2D eigenvalue weighted by Gasteiger charge is 2.20. The van der Waals surface area contributed by atoms with E-state index in [1.807, 2.05) is 24.4 Å².